The van der Waals surface area contributed by atoms with Crippen molar-refractivity contribution in [2.24, 2.45) is 5.73 Å². The van der Waals surface area contributed by atoms with Crippen LogP contribution in [0.3, 0.4) is 0 Å². The Labute approximate surface area is 125 Å². The van der Waals surface area contributed by atoms with E-state index in [4.69, 9.17) is 5.73 Å². The molecule has 0 saturated carbocycles. The quantitative estimate of drug-likeness (QED) is 0.814. The number of carbonyl (C=O) groups is 1. The molecular weight excluding hydrogens is 290 g/mol. The summed E-state index contributed by atoms with van der Waals surface area (Å²) in [6, 6.07) is 8.95. The number of hydrogen-bond donors (Lipinski definition) is 2. The van der Waals surface area contributed by atoms with Crippen molar-refractivity contribution in [1.29, 1.82) is 0 Å². The summed E-state index contributed by atoms with van der Waals surface area (Å²) in [6.07, 6.45) is 2.00. The van der Waals surface area contributed by atoms with Crippen LogP contribution in [0.15, 0.2) is 30.3 Å². The summed E-state index contributed by atoms with van der Waals surface area (Å²) in [5.74, 6) is -0.0378. The molecule has 116 valence electrons. The number of sulfonamides is 1. The lowest BCUT2D eigenvalue weighted by molar-refractivity contribution is -0.130. The SMILES string of the molecule is CS(=O)(=O)N[C@H]1CCN(C(=O)C[C@H](N)c2ccccc2)C1. The predicted molar refractivity (Wildman–Crippen MR) is 81.0 cm³/mol. The minimum atomic E-state index is -3.24. The van der Waals surface area contributed by atoms with Gasteiger partial charge in [0.1, 0.15) is 0 Å². The van der Waals surface area contributed by atoms with Crippen LogP contribution in [0.4, 0.5) is 0 Å². The lowest BCUT2D eigenvalue weighted by Crippen LogP contribution is -2.38. The highest BCUT2D eigenvalue weighted by atomic mass is 32.2. The van der Waals surface area contributed by atoms with Crippen LogP contribution in [0.1, 0.15) is 24.4 Å². The van der Waals surface area contributed by atoms with Gasteiger partial charge in [-0.3, -0.25) is 4.79 Å². The van der Waals surface area contributed by atoms with E-state index >= 15 is 0 Å². The first-order chi connectivity index (χ1) is 9.85. The van der Waals surface area contributed by atoms with E-state index in [2.05, 4.69) is 4.72 Å². The Bertz CT molecular complexity index is 589. The zero-order valence-electron chi connectivity index (χ0n) is 12.0. The first-order valence-corrected chi connectivity index (χ1v) is 8.80. The molecule has 1 aromatic carbocycles. The molecule has 21 heavy (non-hydrogen) atoms. The van der Waals surface area contributed by atoms with Crippen LogP contribution >= 0.6 is 0 Å². The van der Waals surface area contributed by atoms with Crippen molar-refractivity contribution in [3.05, 3.63) is 35.9 Å². The number of likely N-dealkylation sites (tertiary alicyclic amines) is 1. The van der Waals surface area contributed by atoms with Crippen LogP contribution in [0.25, 0.3) is 0 Å². The molecular formula is C14H21N3O3S. The normalized spacial score (nSPS) is 20.5. The second-order valence-corrected chi connectivity index (χ2v) is 7.22. The van der Waals surface area contributed by atoms with Gasteiger partial charge < -0.3 is 10.6 Å². The first-order valence-electron chi connectivity index (χ1n) is 6.91. The van der Waals surface area contributed by atoms with E-state index in [1.54, 1.807) is 4.90 Å². The van der Waals surface area contributed by atoms with E-state index in [1.165, 1.54) is 0 Å². The predicted octanol–water partition coefficient (Wildman–Crippen LogP) is 0.227. The van der Waals surface area contributed by atoms with Crippen LogP contribution in [0.5, 0.6) is 0 Å². The maximum Gasteiger partial charge on any atom is 0.224 e. The van der Waals surface area contributed by atoms with Crippen LogP contribution in [-0.2, 0) is 14.8 Å². The van der Waals surface area contributed by atoms with Crippen molar-refractivity contribution in [3.8, 4) is 0 Å². The fourth-order valence-electron chi connectivity index (χ4n) is 2.52. The second kappa shape index (κ2) is 6.55. The molecule has 0 spiro atoms. The summed E-state index contributed by atoms with van der Waals surface area (Å²) in [6.45, 7) is 0.973. The van der Waals surface area contributed by atoms with E-state index in [0.717, 1.165) is 11.8 Å². The molecule has 0 aliphatic carbocycles. The second-order valence-electron chi connectivity index (χ2n) is 5.44. The summed E-state index contributed by atoms with van der Waals surface area (Å²) in [4.78, 5) is 13.9. The molecule has 1 aliphatic heterocycles. The Morgan fingerprint density at radius 2 is 2.10 bits per heavy atom. The van der Waals surface area contributed by atoms with Crippen molar-refractivity contribution in [3.63, 3.8) is 0 Å². The molecule has 0 unspecified atom stereocenters. The lowest BCUT2D eigenvalue weighted by Gasteiger charge is -2.19. The maximum absolute atomic E-state index is 12.2. The molecule has 1 amide bonds. The summed E-state index contributed by atoms with van der Waals surface area (Å²) < 4.78 is 24.9. The number of nitrogens with two attached hydrogens (primary N) is 1. The molecule has 0 bridgehead atoms. The number of benzene rings is 1. The van der Waals surface area contributed by atoms with E-state index in [-0.39, 0.29) is 24.4 Å². The number of nitrogens with one attached hydrogen (secondary N) is 1. The summed E-state index contributed by atoms with van der Waals surface area (Å²) >= 11 is 0. The highest BCUT2D eigenvalue weighted by Crippen LogP contribution is 2.17. The van der Waals surface area contributed by atoms with Gasteiger partial charge in [-0.25, -0.2) is 13.1 Å². The molecule has 2 rings (SSSR count). The third-order valence-electron chi connectivity index (χ3n) is 3.54. The largest absolute Gasteiger partial charge is 0.341 e. The number of nitrogens with zero attached hydrogens (tertiary/aromatic N) is 1. The van der Waals surface area contributed by atoms with Gasteiger partial charge in [0.25, 0.3) is 0 Å². The zero-order valence-corrected chi connectivity index (χ0v) is 12.8. The summed E-state index contributed by atoms with van der Waals surface area (Å²) in [5, 5.41) is 0. The average molecular weight is 311 g/mol. The van der Waals surface area contributed by atoms with Gasteiger partial charge in [-0.05, 0) is 12.0 Å². The summed E-state index contributed by atoms with van der Waals surface area (Å²) in [5.41, 5.74) is 6.97. The molecule has 1 heterocycles. The van der Waals surface area contributed by atoms with Gasteiger partial charge in [0.2, 0.25) is 15.9 Å². The van der Waals surface area contributed by atoms with Crippen molar-refractivity contribution >= 4 is 15.9 Å². The van der Waals surface area contributed by atoms with Gasteiger partial charge in [-0.1, -0.05) is 30.3 Å². The van der Waals surface area contributed by atoms with Crippen LogP contribution in [0, 0.1) is 0 Å². The lowest BCUT2D eigenvalue weighted by atomic mass is 10.0. The molecule has 3 N–H and O–H groups in total. The van der Waals surface area contributed by atoms with Gasteiger partial charge in [0, 0.05) is 31.6 Å². The first kappa shape index (κ1) is 15.9. The molecule has 1 saturated heterocycles. The van der Waals surface area contributed by atoms with Crippen molar-refractivity contribution < 1.29 is 13.2 Å². The maximum atomic E-state index is 12.2. The Morgan fingerprint density at radius 3 is 2.71 bits per heavy atom. The smallest absolute Gasteiger partial charge is 0.224 e. The minimum Gasteiger partial charge on any atom is -0.341 e. The standard InChI is InChI=1S/C14H21N3O3S/c1-21(19,20)16-12-7-8-17(10-12)14(18)9-13(15)11-5-3-2-4-6-11/h2-6,12-13,16H,7-10,15H2,1H3/t12-,13-/m0/s1. The van der Waals surface area contributed by atoms with Crippen LogP contribution in [-0.4, -0.2) is 44.6 Å². The van der Waals surface area contributed by atoms with Crippen LogP contribution < -0.4 is 10.5 Å². The molecule has 1 fully saturated rings. The van der Waals surface area contributed by atoms with Gasteiger partial charge in [0.15, 0.2) is 0 Å². The molecule has 1 aromatic rings. The Hall–Kier alpha value is -1.44. The number of rotatable bonds is 5. The van der Waals surface area contributed by atoms with E-state index < -0.39 is 10.0 Å². The van der Waals surface area contributed by atoms with Crippen molar-refractivity contribution in [2.45, 2.75) is 24.9 Å². The Morgan fingerprint density at radius 1 is 1.43 bits per heavy atom. The molecule has 0 radical (unpaired) electrons. The Balaban J connectivity index is 1.87. The third kappa shape index (κ3) is 4.80. The highest BCUT2D eigenvalue weighted by molar-refractivity contribution is 7.88. The van der Waals surface area contributed by atoms with Crippen LogP contribution in [0.2, 0.25) is 0 Å². The van der Waals surface area contributed by atoms with Gasteiger partial charge in [0.05, 0.1) is 6.26 Å². The molecule has 0 aromatic heterocycles. The zero-order chi connectivity index (χ0) is 15.5. The Kier molecular flexibility index (Phi) is 4.97. The number of hydrogen-bond acceptors (Lipinski definition) is 4. The van der Waals surface area contributed by atoms with Gasteiger partial charge in [-0.15, -0.1) is 0 Å². The highest BCUT2D eigenvalue weighted by Gasteiger charge is 2.28. The topological polar surface area (TPSA) is 92.5 Å². The fraction of sp³-hybridized carbons (Fsp3) is 0.500. The van der Waals surface area contributed by atoms with Gasteiger partial charge in [-0.2, -0.15) is 0 Å². The van der Waals surface area contributed by atoms with Crippen molar-refractivity contribution in [2.75, 3.05) is 19.3 Å². The van der Waals surface area contributed by atoms with E-state index in [9.17, 15) is 13.2 Å². The molecule has 1 aliphatic rings. The average Bonchev–Trinajstić information content (AvgIpc) is 2.86. The van der Waals surface area contributed by atoms with Gasteiger partial charge >= 0.3 is 0 Å². The van der Waals surface area contributed by atoms with Crippen molar-refractivity contribution in [1.82, 2.24) is 9.62 Å². The fourth-order valence-corrected chi connectivity index (χ4v) is 3.32. The van der Waals surface area contributed by atoms with E-state index in [0.29, 0.717) is 19.5 Å². The molecule has 2 atom stereocenters. The molecule has 7 heteroatoms. The monoisotopic (exact) mass is 311 g/mol. The van der Waals surface area contributed by atoms with E-state index in [1.807, 2.05) is 30.3 Å². The number of amides is 1. The third-order valence-corrected chi connectivity index (χ3v) is 4.31. The minimum absolute atomic E-state index is 0.0378. The summed E-state index contributed by atoms with van der Waals surface area (Å²) in [7, 11) is -3.24. The number of carbonyl (C=O) groups excluding carboxylic acids is 1. The molecule has 6 nitrogen and oxygen atoms in total.